The second-order valence-electron chi connectivity index (χ2n) is 5.49. The van der Waals surface area contributed by atoms with Crippen molar-refractivity contribution in [3.63, 3.8) is 0 Å². The predicted octanol–water partition coefficient (Wildman–Crippen LogP) is 3.21. The first-order valence-electron chi connectivity index (χ1n) is 7.74. The summed E-state index contributed by atoms with van der Waals surface area (Å²) < 4.78 is 27.6. The molecule has 4 nitrogen and oxygen atoms in total. The van der Waals surface area contributed by atoms with Crippen molar-refractivity contribution in [3.8, 4) is 0 Å². The zero-order valence-electron chi connectivity index (χ0n) is 13.5. The predicted molar refractivity (Wildman–Crippen MR) is 87.8 cm³/mol. The van der Waals surface area contributed by atoms with Crippen LogP contribution in [-0.4, -0.2) is 21.5 Å². The fourth-order valence-electron chi connectivity index (χ4n) is 2.41. The van der Waals surface area contributed by atoms with Gasteiger partial charge in [-0.05, 0) is 44.5 Å². The molecule has 2 N–H and O–H groups in total. The summed E-state index contributed by atoms with van der Waals surface area (Å²) >= 11 is 0. The van der Waals surface area contributed by atoms with E-state index < -0.39 is 10.0 Å². The van der Waals surface area contributed by atoms with Gasteiger partial charge in [0, 0.05) is 12.1 Å². The SMILES string of the molecule is CCCCC(C)NS(=O)(=O)c1cccc(C(CC)NC)c1. The number of sulfonamides is 1. The van der Waals surface area contributed by atoms with E-state index in [2.05, 4.69) is 23.9 Å². The van der Waals surface area contributed by atoms with Gasteiger partial charge in [0.05, 0.1) is 4.90 Å². The Morgan fingerprint density at radius 2 is 1.95 bits per heavy atom. The number of unbranched alkanes of at least 4 members (excludes halogenated alkanes) is 1. The molecule has 0 aliphatic rings. The molecule has 0 heterocycles. The molecule has 0 amide bonds. The fraction of sp³-hybridized carbons (Fsp3) is 0.625. The van der Waals surface area contributed by atoms with Crippen molar-refractivity contribution in [2.24, 2.45) is 0 Å². The van der Waals surface area contributed by atoms with Crippen LogP contribution in [0.3, 0.4) is 0 Å². The maximum atomic E-state index is 12.4. The zero-order chi connectivity index (χ0) is 15.9. The molecule has 0 radical (unpaired) electrons. The van der Waals surface area contributed by atoms with Crippen LogP contribution in [0, 0.1) is 0 Å². The van der Waals surface area contributed by atoms with E-state index in [9.17, 15) is 8.42 Å². The van der Waals surface area contributed by atoms with Gasteiger partial charge in [0.1, 0.15) is 0 Å². The minimum atomic E-state index is -3.44. The first-order chi connectivity index (χ1) is 9.94. The maximum Gasteiger partial charge on any atom is 0.240 e. The van der Waals surface area contributed by atoms with Crippen molar-refractivity contribution in [1.82, 2.24) is 10.0 Å². The van der Waals surface area contributed by atoms with Gasteiger partial charge in [-0.3, -0.25) is 0 Å². The first-order valence-corrected chi connectivity index (χ1v) is 9.22. The molecule has 1 rings (SSSR count). The molecule has 0 bridgehead atoms. The minimum Gasteiger partial charge on any atom is -0.313 e. The average Bonchev–Trinajstić information content (AvgIpc) is 2.46. The molecule has 0 aliphatic carbocycles. The topological polar surface area (TPSA) is 58.2 Å². The number of hydrogen-bond donors (Lipinski definition) is 2. The Labute approximate surface area is 129 Å². The Morgan fingerprint density at radius 1 is 1.24 bits per heavy atom. The quantitative estimate of drug-likeness (QED) is 0.736. The number of rotatable bonds is 9. The second kappa shape index (κ2) is 8.51. The van der Waals surface area contributed by atoms with Gasteiger partial charge in [-0.25, -0.2) is 13.1 Å². The summed E-state index contributed by atoms with van der Waals surface area (Å²) in [7, 11) is -1.55. The molecule has 5 heteroatoms. The summed E-state index contributed by atoms with van der Waals surface area (Å²) in [4.78, 5) is 0.344. The highest BCUT2D eigenvalue weighted by molar-refractivity contribution is 7.89. The summed E-state index contributed by atoms with van der Waals surface area (Å²) in [6.07, 6.45) is 3.88. The highest BCUT2D eigenvalue weighted by atomic mass is 32.2. The molecule has 2 atom stereocenters. The Kier molecular flexibility index (Phi) is 7.35. The second-order valence-corrected chi connectivity index (χ2v) is 7.20. The van der Waals surface area contributed by atoms with Crippen molar-refractivity contribution in [2.75, 3.05) is 7.05 Å². The highest BCUT2D eigenvalue weighted by Gasteiger charge is 2.18. The molecule has 21 heavy (non-hydrogen) atoms. The standard InChI is InChI=1S/C16H28N2O2S/c1-5-7-9-13(3)18-21(19,20)15-11-8-10-14(12-15)16(6-2)17-4/h8,10-13,16-18H,5-7,9H2,1-4H3. The third kappa shape index (κ3) is 5.41. The Balaban J connectivity index is 2.90. The van der Waals surface area contributed by atoms with Crippen LogP contribution in [0.25, 0.3) is 0 Å². The van der Waals surface area contributed by atoms with Gasteiger partial charge in [0.25, 0.3) is 0 Å². The Bertz CT molecular complexity index is 525. The van der Waals surface area contributed by atoms with Gasteiger partial charge in [0.2, 0.25) is 10.0 Å². The molecule has 1 aromatic rings. The van der Waals surface area contributed by atoms with Crippen LogP contribution in [0.2, 0.25) is 0 Å². The van der Waals surface area contributed by atoms with Crippen molar-refractivity contribution in [2.45, 2.75) is 63.4 Å². The average molecular weight is 312 g/mol. The van der Waals surface area contributed by atoms with E-state index in [-0.39, 0.29) is 12.1 Å². The van der Waals surface area contributed by atoms with E-state index in [0.29, 0.717) is 4.90 Å². The molecule has 0 aromatic heterocycles. The normalized spacial score (nSPS) is 14.9. The van der Waals surface area contributed by atoms with Crippen LogP contribution < -0.4 is 10.0 Å². The molecule has 2 unspecified atom stereocenters. The molecule has 0 saturated carbocycles. The van der Waals surface area contributed by atoms with Crippen molar-refractivity contribution >= 4 is 10.0 Å². The molecule has 0 aliphatic heterocycles. The molecular formula is C16H28N2O2S. The van der Waals surface area contributed by atoms with E-state index >= 15 is 0 Å². The Morgan fingerprint density at radius 3 is 2.52 bits per heavy atom. The lowest BCUT2D eigenvalue weighted by Crippen LogP contribution is -2.32. The van der Waals surface area contributed by atoms with Crippen LogP contribution in [0.4, 0.5) is 0 Å². The third-order valence-electron chi connectivity index (χ3n) is 3.67. The van der Waals surface area contributed by atoms with Crippen LogP contribution in [-0.2, 0) is 10.0 Å². The molecule has 120 valence electrons. The lowest BCUT2D eigenvalue weighted by Gasteiger charge is -2.17. The smallest absolute Gasteiger partial charge is 0.240 e. The number of benzene rings is 1. The maximum absolute atomic E-state index is 12.4. The van der Waals surface area contributed by atoms with Gasteiger partial charge < -0.3 is 5.32 Å². The summed E-state index contributed by atoms with van der Waals surface area (Å²) in [6.45, 7) is 6.10. The van der Waals surface area contributed by atoms with Crippen LogP contribution in [0.15, 0.2) is 29.2 Å². The first kappa shape index (κ1) is 18.1. The highest BCUT2D eigenvalue weighted by Crippen LogP contribution is 2.20. The number of nitrogens with one attached hydrogen (secondary N) is 2. The van der Waals surface area contributed by atoms with Crippen LogP contribution >= 0.6 is 0 Å². The fourth-order valence-corrected chi connectivity index (χ4v) is 3.74. The van der Waals surface area contributed by atoms with Crippen molar-refractivity contribution in [3.05, 3.63) is 29.8 Å². The van der Waals surface area contributed by atoms with Gasteiger partial charge >= 0.3 is 0 Å². The van der Waals surface area contributed by atoms with E-state index in [4.69, 9.17) is 0 Å². The van der Waals surface area contributed by atoms with Crippen LogP contribution in [0.1, 0.15) is 58.1 Å². The third-order valence-corrected chi connectivity index (χ3v) is 5.26. The lowest BCUT2D eigenvalue weighted by atomic mass is 10.1. The van der Waals surface area contributed by atoms with Gasteiger partial charge in [0.15, 0.2) is 0 Å². The molecular weight excluding hydrogens is 284 g/mol. The van der Waals surface area contributed by atoms with E-state index in [1.54, 1.807) is 18.2 Å². The zero-order valence-corrected chi connectivity index (χ0v) is 14.3. The largest absolute Gasteiger partial charge is 0.313 e. The monoisotopic (exact) mass is 312 g/mol. The van der Waals surface area contributed by atoms with Crippen LogP contribution in [0.5, 0.6) is 0 Å². The molecule has 0 fully saturated rings. The number of hydrogen-bond acceptors (Lipinski definition) is 3. The van der Waals surface area contributed by atoms with E-state index in [0.717, 1.165) is 31.2 Å². The Hall–Kier alpha value is -0.910. The molecule has 0 saturated heterocycles. The minimum absolute atomic E-state index is 0.0371. The molecule has 0 spiro atoms. The summed E-state index contributed by atoms with van der Waals surface area (Å²) in [5.41, 5.74) is 1.00. The summed E-state index contributed by atoms with van der Waals surface area (Å²) in [6, 6.07) is 7.33. The van der Waals surface area contributed by atoms with Gasteiger partial charge in [-0.2, -0.15) is 0 Å². The van der Waals surface area contributed by atoms with Gasteiger partial charge in [-0.15, -0.1) is 0 Å². The van der Waals surface area contributed by atoms with E-state index in [1.165, 1.54) is 0 Å². The van der Waals surface area contributed by atoms with Gasteiger partial charge in [-0.1, -0.05) is 38.8 Å². The van der Waals surface area contributed by atoms with E-state index in [1.807, 2.05) is 20.0 Å². The lowest BCUT2D eigenvalue weighted by molar-refractivity contribution is 0.533. The summed E-state index contributed by atoms with van der Waals surface area (Å²) in [5, 5.41) is 3.20. The van der Waals surface area contributed by atoms with Crippen molar-refractivity contribution < 1.29 is 8.42 Å². The van der Waals surface area contributed by atoms with Crippen molar-refractivity contribution in [1.29, 1.82) is 0 Å². The summed E-state index contributed by atoms with van der Waals surface area (Å²) in [5.74, 6) is 0. The molecule has 1 aromatic carbocycles.